The van der Waals surface area contributed by atoms with Crippen molar-refractivity contribution in [2.24, 2.45) is 7.05 Å². The van der Waals surface area contributed by atoms with E-state index in [-0.39, 0.29) is 18.1 Å². The third-order valence-corrected chi connectivity index (χ3v) is 6.15. The van der Waals surface area contributed by atoms with Crippen LogP contribution in [0.1, 0.15) is 5.56 Å². The first kappa shape index (κ1) is 22.9. The lowest BCUT2D eigenvalue weighted by atomic mass is 10.0. The summed E-state index contributed by atoms with van der Waals surface area (Å²) in [5, 5.41) is 6.19. The van der Waals surface area contributed by atoms with Gasteiger partial charge < -0.3 is 9.88 Å². The summed E-state index contributed by atoms with van der Waals surface area (Å²) in [7, 11) is 2.01. The lowest BCUT2D eigenvalue weighted by molar-refractivity contribution is -0.136. The Bertz CT molecular complexity index is 1410. The first-order valence-electron chi connectivity index (χ1n) is 9.95. The van der Waals surface area contributed by atoms with Crippen LogP contribution in [0.25, 0.3) is 33.4 Å². The highest BCUT2D eigenvalue weighted by Crippen LogP contribution is 2.42. The van der Waals surface area contributed by atoms with Crippen LogP contribution < -0.4 is 5.32 Å². The van der Waals surface area contributed by atoms with Crippen LogP contribution in [0.2, 0.25) is 0 Å². The number of anilines is 2. The van der Waals surface area contributed by atoms with E-state index < -0.39 is 11.7 Å². The van der Waals surface area contributed by atoms with Gasteiger partial charge in [0.2, 0.25) is 0 Å². The third kappa shape index (κ3) is 4.21. The monoisotopic (exact) mass is 485 g/mol. The van der Waals surface area contributed by atoms with Crippen LogP contribution in [-0.2, 0) is 13.2 Å². The number of para-hydroxylation sites is 2. The first-order chi connectivity index (χ1) is 15.4. The summed E-state index contributed by atoms with van der Waals surface area (Å²) >= 11 is 1.28. The number of nitrogens with zero attached hydrogens (tertiary/aromatic N) is 2. The number of thiazole rings is 1. The number of fused-ring (bicyclic) bond motifs is 1. The largest absolute Gasteiger partial charge is 0.418 e. The van der Waals surface area contributed by atoms with Crippen molar-refractivity contribution in [3.05, 3.63) is 89.8 Å². The summed E-state index contributed by atoms with van der Waals surface area (Å²) < 4.78 is 42.3. The average molecular weight is 486 g/mol. The summed E-state index contributed by atoms with van der Waals surface area (Å²) in [5.74, 6) is 0. The molecule has 0 amide bonds. The fourth-order valence-corrected chi connectivity index (χ4v) is 4.70. The minimum atomic E-state index is -4.44. The number of hydrogen-bond acceptors (Lipinski definition) is 3. The van der Waals surface area contributed by atoms with Crippen molar-refractivity contribution in [1.82, 2.24) is 9.55 Å². The molecule has 0 aliphatic carbocycles. The molecule has 3 nitrogen and oxygen atoms in total. The van der Waals surface area contributed by atoms with E-state index in [0.717, 1.165) is 39.5 Å². The topological polar surface area (TPSA) is 29.9 Å². The van der Waals surface area contributed by atoms with Gasteiger partial charge in [-0.05, 0) is 23.8 Å². The standard InChI is InChI=1S/C25H18F3N3S.ClH/c1-31-21-14-8-5-11-17(21)22(23(31)16-9-3-2-4-10-16)20-15-32-24(30-20)29-19-13-7-6-12-18(19)25(26,27)28;/h2-15H,1H3,(H,29,30);1H. The molecule has 5 aromatic rings. The first-order valence-corrected chi connectivity index (χ1v) is 10.8. The van der Waals surface area contributed by atoms with Crippen molar-refractivity contribution < 1.29 is 13.2 Å². The zero-order valence-electron chi connectivity index (χ0n) is 17.4. The molecule has 168 valence electrons. The van der Waals surface area contributed by atoms with Crippen molar-refractivity contribution in [3.8, 4) is 22.5 Å². The Kier molecular flexibility index (Phi) is 6.19. The van der Waals surface area contributed by atoms with Crippen molar-refractivity contribution in [3.63, 3.8) is 0 Å². The highest BCUT2D eigenvalue weighted by atomic mass is 35.5. The predicted molar refractivity (Wildman–Crippen MR) is 131 cm³/mol. The third-order valence-electron chi connectivity index (χ3n) is 5.39. The quantitative estimate of drug-likeness (QED) is 0.278. The zero-order chi connectivity index (χ0) is 22.3. The Morgan fingerprint density at radius 1 is 0.879 bits per heavy atom. The van der Waals surface area contributed by atoms with Gasteiger partial charge in [0.15, 0.2) is 5.13 Å². The fourth-order valence-electron chi connectivity index (χ4n) is 3.99. The molecule has 0 radical (unpaired) electrons. The van der Waals surface area contributed by atoms with Gasteiger partial charge in [-0.25, -0.2) is 4.98 Å². The van der Waals surface area contributed by atoms with Gasteiger partial charge in [-0.3, -0.25) is 0 Å². The minimum Gasteiger partial charge on any atom is -0.343 e. The molecule has 1 N–H and O–H groups in total. The maximum absolute atomic E-state index is 13.4. The lowest BCUT2D eigenvalue weighted by Crippen LogP contribution is -2.08. The molecular weight excluding hydrogens is 467 g/mol. The fraction of sp³-hybridized carbons (Fsp3) is 0.0800. The summed E-state index contributed by atoms with van der Waals surface area (Å²) in [6.07, 6.45) is -4.44. The molecule has 0 fully saturated rings. The van der Waals surface area contributed by atoms with Gasteiger partial charge in [0, 0.05) is 28.9 Å². The van der Waals surface area contributed by atoms with Gasteiger partial charge >= 0.3 is 6.18 Å². The zero-order valence-corrected chi connectivity index (χ0v) is 19.1. The van der Waals surface area contributed by atoms with Crippen molar-refractivity contribution in [1.29, 1.82) is 0 Å². The Hall–Kier alpha value is -3.29. The minimum absolute atomic E-state index is 0. The molecule has 2 heterocycles. The molecule has 0 spiro atoms. The summed E-state index contributed by atoms with van der Waals surface area (Å²) in [6.45, 7) is 0. The molecule has 8 heteroatoms. The van der Waals surface area contributed by atoms with Crippen LogP contribution in [0.5, 0.6) is 0 Å². The molecule has 0 unspecified atom stereocenters. The number of halogens is 4. The van der Waals surface area contributed by atoms with Crippen LogP contribution in [0.4, 0.5) is 24.0 Å². The van der Waals surface area contributed by atoms with Gasteiger partial charge in [-0.2, -0.15) is 13.2 Å². The van der Waals surface area contributed by atoms with Crippen LogP contribution in [0.15, 0.2) is 84.2 Å². The Balaban J connectivity index is 0.00000259. The molecule has 5 rings (SSSR count). The Morgan fingerprint density at radius 3 is 2.30 bits per heavy atom. The van der Waals surface area contributed by atoms with Crippen molar-refractivity contribution in [2.75, 3.05) is 5.32 Å². The van der Waals surface area contributed by atoms with E-state index in [1.54, 1.807) is 6.07 Å². The molecule has 0 bridgehead atoms. The molecular formula is C25H19ClF3N3S. The lowest BCUT2D eigenvalue weighted by Gasteiger charge is -2.12. The predicted octanol–water partition coefficient (Wildman–Crippen LogP) is 8.15. The van der Waals surface area contributed by atoms with E-state index >= 15 is 0 Å². The number of alkyl halides is 3. The molecule has 0 aliphatic rings. The summed E-state index contributed by atoms with van der Waals surface area (Å²) in [4.78, 5) is 4.68. The number of benzene rings is 3. The van der Waals surface area contributed by atoms with Crippen LogP contribution >= 0.6 is 23.7 Å². The van der Waals surface area contributed by atoms with Crippen molar-refractivity contribution >= 4 is 45.5 Å². The number of aryl methyl sites for hydroxylation is 1. The van der Waals surface area contributed by atoms with Crippen LogP contribution in [0.3, 0.4) is 0 Å². The second-order valence-corrected chi connectivity index (χ2v) is 8.23. The van der Waals surface area contributed by atoms with Gasteiger partial charge in [-0.15, -0.1) is 23.7 Å². The molecule has 2 aromatic heterocycles. The highest BCUT2D eigenvalue weighted by Gasteiger charge is 2.33. The van der Waals surface area contributed by atoms with Crippen LogP contribution in [-0.4, -0.2) is 9.55 Å². The van der Waals surface area contributed by atoms with Gasteiger partial charge in [-0.1, -0.05) is 60.7 Å². The maximum Gasteiger partial charge on any atom is 0.418 e. The smallest absolute Gasteiger partial charge is 0.343 e. The van der Waals surface area contributed by atoms with E-state index in [1.165, 1.54) is 23.5 Å². The van der Waals surface area contributed by atoms with Crippen LogP contribution in [0, 0.1) is 0 Å². The molecule has 3 aromatic carbocycles. The van der Waals surface area contributed by atoms with Gasteiger partial charge in [0.25, 0.3) is 0 Å². The van der Waals surface area contributed by atoms with E-state index in [2.05, 4.69) is 20.9 Å². The summed E-state index contributed by atoms with van der Waals surface area (Å²) in [6, 6.07) is 23.5. The average Bonchev–Trinajstić information content (AvgIpc) is 3.36. The van der Waals surface area contributed by atoms with E-state index in [9.17, 15) is 13.2 Å². The summed E-state index contributed by atoms with van der Waals surface area (Å²) in [5.41, 5.74) is 4.08. The second-order valence-electron chi connectivity index (χ2n) is 7.37. The Labute approximate surface area is 198 Å². The number of rotatable bonds is 4. The molecule has 0 atom stereocenters. The second kappa shape index (κ2) is 8.92. The van der Waals surface area contributed by atoms with Gasteiger partial charge in [0.05, 0.1) is 22.6 Å². The van der Waals surface area contributed by atoms with Gasteiger partial charge in [0.1, 0.15) is 0 Å². The van der Waals surface area contributed by atoms with E-state index in [4.69, 9.17) is 0 Å². The molecule has 0 saturated heterocycles. The maximum atomic E-state index is 13.4. The van der Waals surface area contributed by atoms with E-state index in [0.29, 0.717) is 5.13 Å². The van der Waals surface area contributed by atoms with E-state index in [1.807, 2.05) is 61.0 Å². The highest BCUT2D eigenvalue weighted by molar-refractivity contribution is 7.14. The molecule has 0 saturated carbocycles. The number of hydrogen-bond donors (Lipinski definition) is 1. The Morgan fingerprint density at radius 2 is 1.55 bits per heavy atom. The molecule has 33 heavy (non-hydrogen) atoms. The molecule has 0 aliphatic heterocycles. The van der Waals surface area contributed by atoms with Crippen molar-refractivity contribution in [2.45, 2.75) is 6.18 Å². The number of nitrogens with one attached hydrogen (secondary N) is 1. The SMILES string of the molecule is Cl.Cn1c(-c2ccccc2)c(-c2csc(Nc3ccccc3C(F)(F)F)n2)c2ccccc21. The normalized spacial score (nSPS) is 11.4. The number of aromatic nitrogens is 2.